The second-order valence-electron chi connectivity index (χ2n) is 5.81. The predicted octanol–water partition coefficient (Wildman–Crippen LogP) is 4.39. The van der Waals surface area contributed by atoms with Gasteiger partial charge in [-0.25, -0.2) is 0 Å². The molecule has 3 aromatic rings. The summed E-state index contributed by atoms with van der Waals surface area (Å²) in [5.74, 6) is -0.296. The molecule has 1 aromatic heterocycles. The van der Waals surface area contributed by atoms with E-state index in [1.807, 2.05) is 37.3 Å². The van der Waals surface area contributed by atoms with Crippen molar-refractivity contribution < 1.29 is 4.79 Å². The second-order valence-corrected chi connectivity index (χ2v) is 7.19. The minimum absolute atomic E-state index is 0.245. The van der Waals surface area contributed by atoms with Gasteiger partial charge in [0.1, 0.15) is 0 Å². The van der Waals surface area contributed by atoms with E-state index in [0.29, 0.717) is 22.1 Å². The molecule has 0 radical (unpaired) electrons. The zero-order valence-corrected chi connectivity index (χ0v) is 16.0. The number of amides is 1. The molecule has 0 aliphatic heterocycles. The number of carbonyl (C=O) groups excluding carboxylic acids is 1. The summed E-state index contributed by atoms with van der Waals surface area (Å²) in [6.07, 6.45) is 1.69. The number of aryl methyl sites for hydroxylation is 1. The Labute approximate surface area is 166 Å². The molecule has 0 saturated heterocycles. The lowest BCUT2D eigenvalue weighted by atomic mass is 10.1. The van der Waals surface area contributed by atoms with Crippen LogP contribution in [0.3, 0.4) is 0 Å². The number of nitriles is 1. The average Bonchev–Trinajstić information content (AvgIpc) is 3.18. The van der Waals surface area contributed by atoms with Crippen LogP contribution in [-0.2, 0) is 6.54 Å². The Morgan fingerprint density at radius 2 is 1.96 bits per heavy atom. The fourth-order valence-electron chi connectivity index (χ4n) is 2.28. The molecule has 0 atom stereocenters. The van der Waals surface area contributed by atoms with E-state index in [1.165, 1.54) is 5.56 Å². The fraction of sp³-hybridized carbons (Fsp3) is 0.100. The lowest BCUT2D eigenvalue weighted by molar-refractivity contribution is 0.0950. The molecule has 134 valence electrons. The number of halogens is 1. The Hall–Kier alpha value is -3.01. The third-order valence-electron chi connectivity index (χ3n) is 3.71. The average molecular weight is 395 g/mol. The van der Waals surface area contributed by atoms with Gasteiger partial charge in [0.2, 0.25) is 5.01 Å². The molecule has 27 heavy (non-hydrogen) atoms. The number of hydrogen-bond donors (Lipinski definition) is 1. The van der Waals surface area contributed by atoms with Crippen molar-refractivity contribution in [3.8, 4) is 6.07 Å². The lowest BCUT2D eigenvalue weighted by Gasteiger charge is -2.03. The van der Waals surface area contributed by atoms with Gasteiger partial charge in [0, 0.05) is 6.54 Å². The monoisotopic (exact) mass is 394 g/mol. The topological polar surface area (TPSA) is 78.7 Å². The normalized spacial score (nSPS) is 11.1. The van der Waals surface area contributed by atoms with Crippen molar-refractivity contribution in [2.45, 2.75) is 13.5 Å². The molecule has 2 aromatic carbocycles. The summed E-state index contributed by atoms with van der Waals surface area (Å²) >= 11 is 7.41. The maximum absolute atomic E-state index is 12.3. The highest BCUT2D eigenvalue weighted by molar-refractivity contribution is 7.15. The highest BCUT2D eigenvalue weighted by atomic mass is 35.5. The van der Waals surface area contributed by atoms with Gasteiger partial charge < -0.3 is 5.32 Å². The first-order valence-electron chi connectivity index (χ1n) is 8.10. The van der Waals surface area contributed by atoms with Crippen molar-refractivity contribution in [3.63, 3.8) is 0 Å². The molecule has 0 bridgehead atoms. The first-order valence-corrected chi connectivity index (χ1v) is 9.29. The number of hydrogen-bond acceptors (Lipinski definition) is 5. The van der Waals surface area contributed by atoms with Gasteiger partial charge in [0.15, 0.2) is 5.01 Å². The van der Waals surface area contributed by atoms with Crippen LogP contribution in [0.25, 0.3) is 11.1 Å². The summed E-state index contributed by atoms with van der Waals surface area (Å²) < 4.78 is 0. The molecule has 7 heteroatoms. The van der Waals surface area contributed by atoms with Gasteiger partial charge in [-0.05, 0) is 36.3 Å². The van der Waals surface area contributed by atoms with Gasteiger partial charge in [-0.15, -0.1) is 10.2 Å². The molecule has 0 unspecified atom stereocenters. The van der Waals surface area contributed by atoms with E-state index in [4.69, 9.17) is 16.9 Å². The minimum Gasteiger partial charge on any atom is -0.346 e. The smallest absolute Gasteiger partial charge is 0.282 e. The molecule has 3 rings (SSSR count). The molecular weight excluding hydrogens is 380 g/mol. The Balaban J connectivity index is 1.67. The van der Waals surface area contributed by atoms with Gasteiger partial charge in [0.05, 0.1) is 16.7 Å². The third-order valence-corrected chi connectivity index (χ3v) is 5.06. The van der Waals surface area contributed by atoms with Crippen LogP contribution in [0.1, 0.15) is 37.1 Å². The summed E-state index contributed by atoms with van der Waals surface area (Å²) in [5.41, 5.74) is 3.50. The van der Waals surface area contributed by atoms with E-state index < -0.39 is 0 Å². The lowest BCUT2D eigenvalue weighted by Crippen LogP contribution is -2.22. The van der Waals surface area contributed by atoms with Crippen LogP contribution in [0, 0.1) is 18.3 Å². The zero-order valence-electron chi connectivity index (χ0n) is 14.4. The largest absolute Gasteiger partial charge is 0.346 e. The molecule has 0 fully saturated rings. The maximum Gasteiger partial charge on any atom is 0.282 e. The highest BCUT2D eigenvalue weighted by Crippen LogP contribution is 2.25. The molecule has 1 N–H and O–H groups in total. The van der Waals surface area contributed by atoms with Crippen molar-refractivity contribution in [2.24, 2.45) is 0 Å². The predicted molar refractivity (Wildman–Crippen MR) is 107 cm³/mol. The Morgan fingerprint density at radius 1 is 1.22 bits per heavy atom. The van der Waals surface area contributed by atoms with Crippen LogP contribution < -0.4 is 5.32 Å². The number of nitrogens with one attached hydrogen (secondary N) is 1. The van der Waals surface area contributed by atoms with E-state index in [2.05, 4.69) is 21.6 Å². The highest BCUT2D eigenvalue weighted by Gasteiger charge is 2.14. The molecule has 0 spiro atoms. The molecule has 0 aliphatic carbocycles. The maximum atomic E-state index is 12.3. The Morgan fingerprint density at radius 3 is 2.70 bits per heavy atom. The summed E-state index contributed by atoms with van der Waals surface area (Å²) in [4.78, 5) is 12.3. The first kappa shape index (κ1) is 18.8. The van der Waals surface area contributed by atoms with Gasteiger partial charge in [-0.2, -0.15) is 5.26 Å². The fourth-order valence-corrected chi connectivity index (χ4v) is 3.23. The zero-order chi connectivity index (χ0) is 19.2. The van der Waals surface area contributed by atoms with Crippen LogP contribution in [0.5, 0.6) is 0 Å². The van der Waals surface area contributed by atoms with Crippen molar-refractivity contribution in [2.75, 3.05) is 0 Å². The van der Waals surface area contributed by atoms with Crippen LogP contribution in [0.2, 0.25) is 0 Å². The third kappa shape index (κ3) is 5.00. The Kier molecular flexibility index (Phi) is 5.97. The van der Waals surface area contributed by atoms with E-state index >= 15 is 0 Å². The van der Waals surface area contributed by atoms with Gasteiger partial charge in [-0.3, -0.25) is 4.79 Å². The van der Waals surface area contributed by atoms with Crippen LogP contribution in [-0.4, -0.2) is 16.1 Å². The summed E-state index contributed by atoms with van der Waals surface area (Å²) in [6.45, 7) is 2.43. The van der Waals surface area contributed by atoms with Crippen molar-refractivity contribution in [1.82, 2.24) is 15.5 Å². The van der Waals surface area contributed by atoms with Crippen molar-refractivity contribution >= 4 is 40.0 Å². The first-order chi connectivity index (χ1) is 13.0. The number of benzene rings is 2. The van der Waals surface area contributed by atoms with E-state index in [1.54, 1.807) is 24.3 Å². The van der Waals surface area contributed by atoms with E-state index in [-0.39, 0.29) is 10.9 Å². The van der Waals surface area contributed by atoms with Crippen LogP contribution in [0.4, 0.5) is 0 Å². The molecule has 0 aliphatic rings. The summed E-state index contributed by atoms with van der Waals surface area (Å²) in [5, 5.41) is 20.7. The standard InChI is InChI=1S/C20H15ClN4OS/c1-13-5-7-14(8-6-13)12-23-18(26)20-25-24-19(27-20)17(21)10-15-3-2-4-16(9-15)11-22/h2-10H,12H2,1H3,(H,23,26). The van der Waals surface area contributed by atoms with Gasteiger partial charge >= 0.3 is 0 Å². The molecule has 0 saturated carbocycles. The van der Waals surface area contributed by atoms with Crippen molar-refractivity contribution in [3.05, 3.63) is 80.8 Å². The van der Waals surface area contributed by atoms with Gasteiger partial charge in [-0.1, -0.05) is 64.9 Å². The van der Waals surface area contributed by atoms with Crippen LogP contribution in [0.15, 0.2) is 48.5 Å². The molecule has 1 heterocycles. The SMILES string of the molecule is Cc1ccc(CNC(=O)c2nnc(C(Cl)=Cc3cccc(C#N)c3)s2)cc1. The molecular formula is C20H15ClN4OS. The molecule has 1 amide bonds. The summed E-state index contributed by atoms with van der Waals surface area (Å²) in [6, 6.07) is 17.1. The Bertz CT molecular complexity index is 1030. The van der Waals surface area contributed by atoms with E-state index in [9.17, 15) is 4.79 Å². The number of aromatic nitrogens is 2. The van der Waals surface area contributed by atoms with E-state index in [0.717, 1.165) is 22.5 Å². The quantitative estimate of drug-likeness (QED) is 0.696. The van der Waals surface area contributed by atoms with Crippen LogP contribution >= 0.6 is 22.9 Å². The number of carbonyl (C=O) groups is 1. The second kappa shape index (κ2) is 8.58. The number of nitrogens with zero attached hydrogens (tertiary/aromatic N) is 3. The minimum atomic E-state index is -0.296. The number of rotatable bonds is 5. The summed E-state index contributed by atoms with van der Waals surface area (Å²) in [7, 11) is 0. The molecule has 5 nitrogen and oxygen atoms in total. The van der Waals surface area contributed by atoms with Crippen molar-refractivity contribution in [1.29, 1.82) is 5.26 Å². The van der Waals surface area contributed by atoms with Gasteiger partial charge in [0.25, 0.3) is 5.91 Å².